The van der Waals surface area contributed by atoms with Gasteiger partial charge >= 0.3 is 11.9 Å². The SMILES string of the molecule is O=C1CC2(CCC(C(=O)Oc3ccc([N+](=O)[O-])cc3)C2)O1. The molecule has 0 bridgehead atoms. The highest BCUT2D eigenvalue weighted by molar-refractivity contribution is 5.80. The number of benzene rings is 1. The Morgan fingerprint density at radius 2 is 2.05 bits per heavy atom. The van der Waals surface area contributed by atoms with Crippen LogP contribution in [0, 0.1) is 16.0 Å². The molecule has 1 aromatic carbocycles. The number of hydrogen-bond acceptors (Lipinski definition) is 6. The van der Waals surface area contributed by atoms with Crippen molar-refractivity contribution < 1.29 is 24.0 Å². The number of esters is 2. The quantitative estimate of drug-likeness (QED) is 0.366. The minimum Gasteiger partial charge on any atom is -0.458 e. The molecule has 0 radical (unpaired) electrons. The molecule has 1 aromatic rings. The lowest BCUT2D eigenvalue weighted by Crippen LogP contribution is -2.45. The first-order valence-electron chi connectivity index (χ1n) is 6.65. The van der Waals surface area contributed by atoms with Crippen molar-refractivity contribution >= 4 is 17.6 Å². The van der Waals surface area contributed by atoms with Crippen molar-refractivity contribution in [1.82, 2.24) is 0 Å². The summed E-state index contributed by atoms with van der Waals surface area (Å²) in [7, 11) is 0. The summed E-state index contributed by atoms with van der Waals surface area (Å²) in [4.78, 5) is 33.0. The monoisotopic (exact) mass is 291 g/mol. The van der Waals surface area contributed by atoms with Gasteiger partial charge in [-0.3, -0.25) is 19.7 Å². The Hall–Kier alpha value is -2.44. The molecule has 0 N–H and O–H groups in total. The number of carbonyl (C=O) groups excluding carboxylic acids is 2. The zero-order chi connectivity index (χ0) is 15.0. The summed E-state index contributed by atoms with van der Waals surface area (Å²) in [6, 6.07) is 5.35. The number of nitro groups is 1. The number of ether oxygens (including phenoxy) is 2. The normalized spacial score (nSPS) is 27.0. The zero-order valence-electron chi connectivity index (χ0n) is 11.1. The molecule has 1 saturated carbocycles. The molecular weight excluding hydrogens is 278 g/mol. The van der Waals surface area contributed by atoms with E-state index in [9.17, 15) is 19.7 Å². The summed E-state index contributed by atoms with van der Waals surface area (Å²) in [5.74, 6) is -0.631. The second-order valence-electron chi connectivity index (χ2n) is 5.45. The highest BCUT2D eigenvalue weighted by Crippen LogP contribution is 2.46. The van der Waals surface area contributed by atoms with Crippen LogP contribution in [0.2, 0.25) is 0 Å². The van der Waals surface area contributed by atoms with Crippen molar-refractivity contribution in [1.29, 1.82) is 0 Å². The van der Waals surface area contributed by atoms with Crippen molar-refractivity contribution in [3.05, 3.63) is 34.4 Å². The van der Waals surface area contributed by atoms with E-state index in [1.807, 2.05) is 0 Å². The Balaban J connectivity index is 1.59. The van der Waals surface area contributed by atoms with E-state index in [-0.39, 0.29) is 29.3 Å². The molecule has 7 heteroatoms. The van der Waals surface area contributed by atoms with Crippen LogP contribution in [0.3, 0.4) is 0 Å². The van der Waals surface area contributed by atoms with E-state index in [1.54, 1.807) is 0 Å². The molecular formula is C14H13NO6. The second-order valence-corrected chi connectivity index (χ2v) is 5.45. The topological polar surface area (TPSA) is 95.7 Å². The van der Waals surface area contributed by atoms with Gasteiger partial charge < -0.3 is 9.47 Å². The summed E-state index contributed by atoms with van der Waals surface area (Å²) in [5, 5.41) is 10.5. The largest absolute Gasteiger partial charge is 0.458 e. The molecule has 1 saturated heterocycles. The molecule has 0 aromatic heterocycles. The van der Waals surface area contributed by atoms with Gasteiger partial charge in [-0.15, -0.1) is 0 Å². The molecule has 2 aliphatic rings. The molecule has 2 atom stereocenters. The molecule has 2 fully saturated rings. The first kappa shape index (κ1) is 13.5. The van der Waals surface area contributed by atoms with Crippen LogP contribution in [-0.4, -0.2) is 22.5 Å². The first-order chi connectivity index (χ1) is 9.97. The van der Waals surface area contributed by atoms with Gasteiger partial charge in [0.15, 0.2) is 0 Å². The molecule has 1 spiro atoms. The molecule has 1 aliphatic carbocycles. The average Bonchev–Trinajstić information content (AvgIpc) is 2.84. The molecule has 21 heavy (non-hydrogen) atoms. The summed E-state index contributed by atoms with van der Waals surface area (Å²) >= 11 is 0. The van der Waals surface area contributed by atoms with Crippen molar-refractivity contribution in [2.45, 2.75) is 31.3 Å². The van der Waals surface area contributed by atoms with E-state index in [0.29, 0.717) is 25.7 Å². The lowest BCUT2D eigenvalue weighted by atomic mass is 9.91. The lowest BCUT2D eigenvalue weighted by molar-refractivity contribution is -0.384. The van der Waals surface area contributed by atoms with Crippen LogP contribution < -0.4 is 4.74 Å². The maximum Gasteiger partial charge on any atom is 0.314 e. The Morgan fingerprint density at radius 3 is 2.62 bits per heavy atom. The van der Waals surface area contributed by atoms with E-state index in [1.165, 1.54) is 24.3 Å². The van der Waals surface area contributed by atoms with E-state index >= 15 is 0 Å². The Kier molecular flexibility index (Phi) is 3.12. The van der Waals surface area contributed by atoms with Gasteiger partial charge in [-0.2, -0.15) is 0 Å². The third kappa shape index (κ3) is 2.58. The first-order valence-corrected chi connectivity index (χ1v) is 6.65. The van der Waals surface area contributed by atoms with E-state index in [4.69, 9.17) is 9.47 Å². The number of nitro benzene ring substituents is 1. The minimum atomic E-state index is -0.517. The molecule has 2 unspecified atom stereocenters. The minimum absolute atomic E-state index is 0.0593. The van der Waals surface area contributed by atoms with Crippen molar-refractivity contribution in [3.8, 4) is 5.75 Å². The highest BCUT2D eigenvalue weighted by atomic mass is 16.6. The van der Waals surface area contributed by atoms with Crippen LogP contribution in [-0.2, 0) is 14.3 Å². The maximum absolute atomic E-state index is 12.0. The molecule has 1 heterocycles. The fraction of sp³-hybridized carbons (Fsp3) is 0.429. The zero-order valence-corrected chi connectivity index (χ0v) is 11.1. The summed E-state index contributed by atoms with van der Waals surface area (Å²) in [6.45, 7) is 0. The van der Waals surface area contributed by atoms with Gasteiger partial charge in [0.2, 0.25) is 0 Å². The Labute approximate surface area is 120 Å². The molecule has 0 amide bonds. The van der Waals surface area contributed by atoms with Gasteiger partial charge in [0, 0.05) is 18.6 Å². The van der Waals surface area contributed by atoms with E-state index in [2.05, 4.69) is 0 Å². The van der Waals surface area contributed by atoms with Crippen LogP contribution in [0.1, 0.15) is 25.7 Å². The van der Waals surface area contributed by atoms with Gasteiger partial charge in [-0.25, -0.2) is 0 Å². The number of hydrogen-bond donors (Lipinski definition) is 0. The summed E-state index contributed by atoms with van der Waals surface area (Å²) in [5.41, 5.74) is -0.521. The van der Waals surface area contributed by atoms with Crippen molar-refractivity contribution in [2.24, 2.45) is 5.92 Å². The Bertz CT molecular complexity index is 600. The maximum atomic E-state index is 12.0. The average molecular weight is 291 g/mol. The van der Waals surface area contributed by atoms with Gasteiger partial charge in [-0.05, 0) is 25.0 Å². The van der Waals surface area contributed by atoms with Gasteiger partial charge in [-0.1, -0.05) is 0 Å². The van der Waals surface area contributed by atoms with Gasteiger partial charge in [0.05, 0.1) is 17.3 Å². The Morgan fingerprint density at radius 1 is 1.38 bits per heavy atom. The standard InChI is InChI=1S/C14H13NO6/c16-12-8-14(21-12)6-5-9(7-14)13(17)20-11-3-1-10(2-4-11)15(18)19/h1-4,9H,5-8H2. The van der Waals surface area contributed by atoms with Crippen LogP contribution in [0.15, 0.2) is 24.3 Å². The van der Waals surface area contributed by atoms with Gasteiger partial charge in [0.1, 0.15) is 11.4 Å². The lowest BCUT2D eigenvalue weighted by Gasteiger charge is -2.37. The molecule has 110 valence electrons. The molecule has 3 rings (SSSR count). The van der Waals surface area contributed by atoms with E-state index < -0.39 is 10.5 Å². The number of rotatable bonds is 3. The molecule has 1 aliphatic heterocycles. The highest BCUT2D eigenvalue weighted by Gasteiger charge is 2.52. The van der Waals surface area contributed by atoms with Crippen LogP contribution in [0.4, 0.5) is 5.69 Å². The van der Waals surface area contributed by atoms with Crippen LogP contribution in [0.5, 0.6) is 5.75 Å². The van der Waals surface area contributed by atoms with Crippen LogP contribution >= 0.6 is 0 Å². The summed E-state index contributed by atoms with van der Waals surface area (Å²) < 4.78 is 10.4. The van der Waals surface area contributed by atoms with E-state index in [0.717, 1.165) is 0 Å². The van der Waals surface area contributed by atoms with Crippen molar-refractivity contribution in [3.63, 3.8) is 0 Å². The number of nitrogens with zero attached hydrogens (tertiary/aromatic N) is 1. The third-order valence-corrected chi connectivity index (χ3v) is 3.96. The molecule has 7 nitrogen and oxygen atoms in total. The predicted octanol–water partition coefficient (Wildman–Crippen LogP) is 1.99. The smallest absolute Gasteiger partial charge is 0.314 e. The van der Waals surface area contributed by atoms with Gasteiger partial charge in [0.25, 0.3) is 5.69 Å². The number of non-ortho nitro benzene ring substituents is 1. The fourth-order valence-corrected chi connectivity index (χ4v) is 2.88. The summed E-state index contributed by atoms with van der Waals surface area (Å²) in [6.07, 6.45) is 2.16. The second kappa shape index (κ2) is 4.83. The predicted molar refractivity (Wildman–Crippen MR) is 69.5 cm³/mol. The number of carbonyl (C=O) groups is 2. The van der Waals surface area contributed by atoms with Crippen LogP contribution in [0.25, 0.3) is 0 Å². The third-order valence-electron chi connectivity index (χ3n) is 3.96. The fourth-order valence-electron chi connectivity index (χ4n) is 2.88. The van der Waals surface area contributed by atoms with Crippen molar-refractivity contribution in [2.75, 3.05) is 0 Å².